The summed E-state index contributed by atoms with van der Waals surface area (Å²) in [6.07, 6.45) is 0. The van der Waals surface area contributed by atoms with Gasteiger partial charge in [0.2, 0.25) is 0 Å². The molecular formula is C14H9BrF2OS. The Kier molecular flexibility index (Phi) is 4.50. The summed E-state index contributed by atoms with van der Waals surface area (Å²) in [6.45, 7) is 0. The summed E-state index contributed by atoms with van der Waals surface area (Å²) in [5.41, 5.74) is 0. The maximum atomic E-state index is 13.0. The van der Waals surface area contributed by atoms with E-state index >= 15 is 0 Å². The number of rotatable bonds is 0. The van der Waals surface area contributed by atoms with E-state index in [1.54, 1.807) is 35.7 Å². The molecule has 1 aromatic heterocycles. The molecule has 0 radical (unpaired) electrons. The average molecular weight is 343 g/mol. The van der Waals surface area contributed by atoms with Crippen molar-refractivity contribution >= 4 is 37.4 Å². The number of phenolic OH excluding ortho intramolecular Hbond substituents is 1. The second-order valence-corrected chi connectivity index (χ2v) is 5.42. The molecule has 0 atom stereocenters. The number of para-hydroxylation sites is 1. The fraction of sp³-hybridized carbons (Fsp3) is 0. The van der Waals surface area contributed by atoms with Crippen LogP contribution < -0.4 is 0 Å². The zero-order chi connectivity index (χ0) is 13.8. The first-order valence-electron chi connectivity index (χ1n) is 5.34. The molecule has 0 unspecified atom stereocenters. The Morgan fingerprint density at radius 1 is 1.05 bits per heavy atom. The molecule has 0 saturated carbocycles. The van der Waals surface area contributed by atoms with Gasteiger partial charge in [0.25, 0.3) is 0 Å². The Morgan fingerprint density at radius 2 is 1.74 bits per heavy atom. The van der Waals surface area contributed by atoms with Crippen molar-refractivity contribution in [3.8, 4) is 5.75 Å². The molecule has 1 nitrogen and oxygen atoms in total. The summed E-state index contributed by atoms with van der Waals surface area (Å²) >= 11 is 4.55. The molecule has 5 heteroatoms. The summed E-state index contributed by atoms with van der Waals surface area (Å²) in [4.78, 5) is 0. The molecule has 0 bridgehead atoms. The summed E-state index contributed by atoms with van der Waals surface area (Å²) < 4.78 is 27.2. The lowest BCUT2D eigenvalue weighted by Crippen LogP contribution is -1.83. The third kappa shape index (κ3) is 3.30. The van der Waals surface area contributed by atoms with Crippen LogP contribution in [0.5, 0.6) is 5.75 Å². The van der Waals surface area contributed by atoms with Gasteiger partial charge in [0.05, 0.1) is 4.70 Å². The first kappa shape index (κ1) is 14.0. The van der Waals surface area contributed by atoms with Gasteiger partial charge in [-0.15, -0.1) is 11.3 Å². The van der Waals surface area contributed by atoms with Gasteiger partial charge < -0.3 is 5.11 Å². The summed E-state index contributed by atoms with van der Waals surface area (Å²) in [7, 11) is 0. The van der Waals surface area contributed by atoms with Gasteiger partial charge in [-0.3, -0.25) is 0 Å². The third-order valence-corrected chi connectivity index (χ3v) is 4.17. The van der Waals surface area contributed by atoms with E-state index in [0.29, 0.717) is 15.6 Å². The summed E-state index contributed by atoms with van der Waals surface area (Å²) in [5, 5.41) is 10.7. The molecule has 19 heavy (non-hydrogen) atoms. The van der Waals surface area contributed by atoms with Crippen molar-refractivity contribution in [3.63, 3.8) is 0 Å². The number of thiophene rings is 1. The van der Waals surface area contributed by atoms with Crippen molar-refractivity contribution in [2.75, 3.05) is 0 Å². The van der Waals surface area contributed by atoms with Crippen LogP contribution in [0, 0.1) is 11.6 Å². The van der Waals surface area contributed by atoms with Crippen molar-refractivity contribution in [1.29, 1.82) is 0 Å². The maximum Gasteiger partial charge on any atom is 0.167 e. The molecule has 2 aromatic carbocycles. The molecule has 98 valence electrons. The molecule has 0 aliphatic rings. The number of halogens is 3. The average Bonchev–Trinajstić information content (AvgIpc) is 2.88. The Labute approximate surface area is 121 Å². The van der Waals surface area contributed by atoms with Crippen LogP contribution in [0.4, 0.5) is 8.78 Å². The second-order valence-electron chi connectivity index (χ2n) is 3.65. The lowest BCUT2D eigenvalue weighted by atomic mass is 10.2. The first-order chi connectivity index (χ1) is 9.09. The maximum absolute atomic E-state index is 13.0. The molecule has 0 aliphatic carbocycles. The molecule has 3 aromatic rings. The van der Waals surface area contributed by atoms with Crippen LogP contribution in [0.25, 0.3) is 10.1 Å². The van der Waals surface area contributed by atoms with Gasteiger partial charge in [0, 0.05) is 9.86 Å². The van der Waals surface area contributed by atoms with E-state index in [9.17, 15) is 8.78 Å². The van der Waals surface area contributed by atoms with E-state index in [1.165, 1.54) is 11.3 Å². The molecule has 1 heterocycles. The SMILES string of the molecule is Fc1cc(Br)c2sccc2c1F.Oc1ccccc1. The lowest BCUT2D eigenvalue weighted by molar-refractivity contribution is 0.475. The molecule has 1 N–H and O–H groups in total. The Bertz CT molecular complexity index is 682. The predicted molar refractivity (Wildman–Crippen MR) is 77.5 cm³/mol. The zero-order valence-corrected chi connectivity index (χ0v) is 12.0. The zero-order valence-electron chi connectivity index (χ0n) is 9.61. The molecular weight excluding hydrogens is 334 g/mol. The topological polar surface area (TPSA) is 20.2 Å². The molecule has 0 aliphatic heterocycles. The number of phenols is 1. The van der Waals surface area contributed by atoms with Crippen molar-refractivity contribution < 1.29 is 13.9 Å². The molecule has 0 amide bonds. The minimum atomic E-state index is -0.812. The number of fused-ring (bicyclic) bond motifs is 1. The van der Waals surface area contributed by atoms with Crippen LogP contribution in [0.15, 0.2) is 52.3 Å². The van der Waals surface area contributed by atoms with E-state index in [4.69, 9.17) is 5.11 Å². The highest BCUT2D eigenvalue weighted by atomic mass is 79.9. The number of benzene rings is 2. The van der Waals surface area contributed by atoms with E-state index in [1.807, 2.05) is 6.07 Å². The Morgan fingerprint density at radius 3 is 2.32 bits per heavy atom. The molecule has 0 spiro atoms. The molecule has 0 fully saturated rings. The lowest BCUT2D eigenvalue weighted by Gasteiger charge is -1.96. The van der Waals surface area contributed by atoms with Crippen LogP contribution in [0.1, 0.15) is 0 Å². The molecule has 3 rings (SSSR count). The highest BCUT2D eigenvalue weighted by Crippen LogP contribution is 2.32. The van der Waals surface area contributed by atoms with E-state index in [2.05, 4.69) is 15.9 Å². The molecule has 0 saturated heterocycles. The fourth-order valence-electron chi connectivity index (χ4n) is 1.46. The van der Waals surface area contributed by atoms with Crippen molar-refractivity contribution in [2.45, 2.75) is 0 Å². The minimum Gasteiger partial charge on any atom is -0.508 e. The van der Waals surface area contributed by atoms with Crippen LogP contribution in [0.3, 0.4) is 0 Å². The van der Waals surface area contributed by atoms with Crippen molar-refractivity contribution in [2.24, 2.45) is 0 Å². The normalized spacial score (nSPS) is 10.1. The van der Waals surface area contributed by atoms with Crippen LogP contribution in [-0.2, 0) is 0 Å². The van der Waals surface area contributed by atoms with Gasteiger partial charge in [0.1, 0.15) is 5.75 Å². The largest absolute Gasteiger partial charge is 0.508 e. The van der Waals surface area contributed by atoms with Gasteiger partial charge >= 0.3 is 0 Å². The van der Waals surface area contributed by atoms with Gasteiger partial charge in [-0.25, -0.2) is 8.78 Å². The highest BCUT2D eigenvalue weighted by molar-refractivity contribution is 9.10. The summed E-state index contributed by atoms with van der Waals surface area (Å²) in [6, 6.07) is 11.4. The van der Waals surface area contributed by atoms with Gasteiger partial charge in [0.15, 0.2) is 11.6 Å². The second kappa shape index (κ2) is 6.12. The predicted octanol–water partition coefficient (Wildman–Crippen LogP) is 5.33. The number of aromatic hydroxyl groups is 1. The summed E-state index contributed by atoms with van der Waals surface area (Å²) in [5.74, 6) is -1.26. The monoisotopic (exact) mass is 342 g/mol. The van der Waals surface area contributed by atoms with E-state index in [0.717, 1.165) is 10.8 Å². The standard InChI is InChI=1S/C8H3BrF2S.C6H6O/c9-5-3-6(10)7(11)4-1-2-12-8(4)5;7-6-4-2-1-3-5-6/h1-3H;1-5,7H. The van der Waals surface area contributed by atoms with Gasteiger partial charge in [-0.1, -0.05) is 18.2 Å². The third-order valence-electron chi connectivity index (χ3n) is 2.34. The quantitative estimate of drug-likeness (QED) is 0.547. The number of hydrogen-bond donors (Lipinski definition) is 1. The van der Waals surface area contributed by atoms with Crippen LogP contribution >= 0.6 is 27.3 Å². The van der Waals surface area contributed by atoms with Crippen molar-refractivity contribution in [1.82, 2.24) is 0 Å². The first-order valence-corrected chi connectivity index (χ1v) is 7.01. The van der Waals surface area contributed by atoms with Gasteiger partial charge in [-0.2, -0.15) is 0 Å². The van der Waals surface area contributed by atoms with Crippen LogP contribution in [-0.4, -0.2) is 5.11 Å². The van der Waals surface area contributed by atoms with Gasteiger partial charge in [-0.05, 0) is 45.6 Å². The highest BCUT2D eigenvalue weighted by Gasteiger charge is 2.10. The fourth-order valence-corrected chi connectivity index (χ4v) is 2.96. The Balaban J connectivity index is 0.000000163. The van der Waals surface area contributed by atoms with Crippen LogP contribution in [0.2, 0.25) is 0 Å². The van der Waals surface area contributed by atoms with E-state index < -0.39 is 11.6 Å². The number of hydrogen-bond acceptors (Lipinski definition) is 2. The minimum absolute atomic E-state index is 0.322. The smallest absolute Gasteiger partial charge is 0.167 e. The Hall–Kier alpha value is -1.46. The van der Waals surface area contributed by atoms with E-state index in [-0.39, 0.29) is 0 Å². The van der Waals surface area contributed by atoms with Crippen molar-refractivity contribution in [3.05, 3.63) is 64.0 Å².